The lowest BCUT2D eigenvalue weighted by atomic mass is 9.74. The molecule has 1 amide bonds. The standard InChI is InChI=1S/C26H26N2O2/c29-26-20-11-10-19(30-16-17-6-2-1-3-7-17)14-18(20)15-24-25-22(12-13-28(24)26)21-8-4-5-9-23(21)27-25/h1-9,15,18-20,27H,10-14,16H2/t18-,19+,20?/m0/s1. The number of carbonyl (C=O) groups is 1. The summed E-state index contributed by atoms with van der Waals surface area (Å²) in [5.74, 6) is 0.676. The highest BCUT2D eigenvalue weighted by atomic mass is 16.5. The van der Waals surface area contributed by atoms with Gasteiger partial charge in [-0.15, -0.1) is 0 Å². The van der Waals surface area contributed by atoms with Crippen LogP contribution in [0.4, 0.5) is 0 Å². The molecule has 4 heteroatoms. The number of nitrogens with one attached hydrogen (secondary N) is 1. The lowest BCUT2D eigenvalue weighted by Crippen LogP contribution is -2.47. The second-order valence-corrected chi connectivity index (χ2v) is 8.82. The number of aromatic nitrogens is 1. The number of benzene rings is 2. The molecule has 3 heterocycles. The number of para-hydroxylation sites is 1. The van der Waals surface area contributed by atoms with Crippen molar-refractivity contribution in [3.63, 3.8) is 0 Å². The number of carbonyl (C=O) groups excluding carboxylic acids is 1. The first-order valence-electron chi connectivity index (χ1n) is 11.1. The van der Waals surface area contributed by atoms with Crippen molar-refractivity contribution in [2.24, 2.45) is 11.8 Å². The van der Waals surface area contributed by atoms with Crippen LogP contribution in [0.2, 0.25) is 0 Å². The van der Waals surface area contributed by atoms with Gasteiger partial charge in [0.05, 0.1) is 24.1 Å². The number of hydrogen-bond donors (Lipinski definition) is 1. The fraction of sp³-hybridized carbons (Fsp3) is 0.346. The van der Waals surface area contributed by atoms with Crippen LogP contribution < -0.4 is 0 Å². The summed E-state index contributed by atoms with van der Waals surface area (Å²) in [6.45, 7) is 1.43. The number of fused-ring (bicyclic) bond motifs is 6. The smallest absolute Gasteiger partial charge is 0.230 e. The molecule has 0 radical (unpaired) electrons. The van der Waals surface area contributed by atoms with Crippen molar-refractivity contribution in [2.75, 3.05) is 6.54 Å². The van der Waals surface area contributed by atoms with Gasteiger partial charge < -0.3 is 14.6 Å². The Morgan fingerprint density at radius 3 is 2.77 bits per heavy atom. The zero-order valence-electron chi connectivity index (χ0n) is 17.0. The molecule has 1 fully saturated rings. The molecule has 3 aromatic rings. The molecule has 2 aliphatic heterocycles. The molecule has 152 valence electrons. The van der Waals surface area contributed by atoms with E-state index < -0.39 is 0 Å². The summed E-state index contributed by atoms with van der Waals surface area (Å²) in [7, 11) is 0. The summed E-state index contributed by atoms with van der Waals surface area (Å²) in [5.41, 5.74) is 5.95. The largest absolute Gasteiger partial charge is 0.374 e. The second-order valence-electron chi connectivity index (χ2n) is 8.82. The Hall–Kier alpha value is -2.85. The fourth-order valence-electron chi connectivity index (χ4n) is 5.56. The number of rotatable bonds is 3. The van der Waals surface area contributed by atoms with E-state index in [4.69, 9.17) is 4.74 Å². The Bertz CT molecular complexity index is 1130. The van der Waals surface area contributed by atoms with E-state index in [1.54, 1.807) is 0 Å². The zero-order valence-corrected chi connectivity index (χ0v) is 17.0. The molecule has 30 heavy (non-hydrogen) atoms. The van der Waals surface area contributed by atoms with Crippen LogP contribution in [-0.4, -0.2) is 28.4 Å². The maximum atomic E-state index is 13.3. The van der Waals surface area contributed by atoms with Gasteiger partial charge in [0, 0.05) is 23.4 Å². The van der Waals surface area contributed by atoms with Gasteiger partial charge in [0.1, 0.15) is 0 Å². The summed E-state index contributed by atoms with van der Waals surface area (Å²) >= 11 is 0. The van der Waals surface area contributed by atoms with Crippen molar-refractivity contribution in [1.29, 1.82) is 0 Å². The Morgan fingerprint density at radius 1 is 1.03 bits per heavy atom. The molecule has 1 unspecified atom stereocenters. The molecule has 0 spiro atoms. The van der Waals surface area contributed by atoms with E-state index >= 15 is 0 Å². The summed E-state index contributed by atoms with van der Waals surface area (Å²) in [5, 5.41) is 1.29. The Morgan fingerprint density at radius 2 is 1.87 bits per heavy atom. The van der Waals surface area contributed by atoms with E-state index in [2.05, 4.69) is 59.6 Å². The number of allylic oxidation sites excluding steroid dienone is 1. The van der Waals surface area contributed by atoms with Crippen LogP contribution >= 0.6 is 0 Å². The zero-order chi connectivity index (χ0) is 20.1. The van der Waals surface area contributed by atoms with E-state index in [0.717, 1.165) is 49.1 Å². The number of hydrogen-bond acceptors (Lipinski definition) is 2. The predicted octanol–water partition coefficient (Wildman–Crippen LogP) is 4.91. The van der Waals surface area contributed by atoms with Gasteiger partial charge in [0.2, 0.25) is 5.91 Å². The first-order chi connectivity index (χ1) is 14.8. The van der Waals surface area contributed by atoms with Crippen LogP contribution in [-0.2, 0) is 22.6 Å². The molecule has 1 aromatic heterocycles. The molecule has 1 saturated carbocycles. The minimum Gasteiger partial charge on any atom is -0.374 e. The third-order valence-electron chi connectivity index (χ3n) is 7.08. The molecular weight excluding hydrogens is 372 g/mol. The van der Waals surface area contributed by atoms with Crippen LogP contribution in [0.5, 0.6) is 0 Å². The average molecular weight is 399 g/mol. The molecule has 3 atom stereocenters. The Kier molecular flexibility index (Phi) is 4.27. The van der Waals surface area contributed by atoms with Gasteiger partial charge in [-0.3, -0.25) is 4.79 Å². The van der Waals surface area contributed by atoms with Crippen molar-refractivity contribution in [3.05, 3.63) is 77.5 Å². The van der Waals surface area contributed by atoms with Gasteiger partial charge in [-0.05, 0) is 48.8 Å². The van der Waals surface area contributed by atoms with Gasteiger partial charge in [0.25, 0.3) is 0 Å². The molecule has 6 rings (SSSR count). The minimum absolute atomic E-state index is 0.108. The number of amides is 1. The summed E-state index contributed by atoms with van der Waals surface area (Å²) in [4.78, 5) is 19.0. The quantitative estimate of drug-likeness (QED) is 0.681. The first kappa shape index (κ1) is 18.0. The van der Waals surface area contributed by atoms with E-state index in [1.165, 1.54) is 16.5 Å². The molecule has 0 saturated heterocycles. The fourth-order valence-corrected chi connectivity index (χ4v) is 5.56. The number of H-pyrrole nitrogens is 1. The van der Waals surface area contributed by atoms with Gasteiger partial charge >= 0.3 is 0 Å². The highest BCUT2D eigenvalue weighted by molar-refractivity contribution is 5.96. The topological polar surface area (TPSA) is 45.3 Å². The second kappa shape index (κ2) is 7.13. The van der Waals surface area contributed by atoms with Gasteiger partial charge in [-0.2, -0.15) is 0 Å². The minimum atomic E-state index is 0.108. The number of aromatic amines is 1. The van der Waals surface area contributed by atoms with Gasteiger partial charge in [0.15, 0.2) is 0 Å². The maximum absolute atomic E-state index is 13.3. The van der Waals surface area contributed by atoms with Crippen molar-refractivity contribution >= 4 is 22.5 Å². The monoisotopic (exact) mass is 398 g/mol. The summed E-state index contributed by atoms with van der Waals surface area (Å²) in [6, 6.07) is 18.8. The van der Waals surface area contributed by atoms with Crippen LogP contribution in [0, 0.1) is 11.8 Å². The molecule has 4 nitrogen and oxygen atoms in total. The first-order valence-corrected chi connectivity index (χ1v) is 11.1. The molecule has 3 aliphatic rings. The van der Waals surface area contributed by atoms with E-state index in [9.17, 15) is 4.79 Å². The molecule has 2 aromatic carbocycles. The third kappa shape index (κ3) is 2.90. The Labute approximate surface area is 176 Å². The molecular formula is C26H26N2O2. The molecule has 0 bridgehead atoms. The summed E-state index contributed by atoms with van der Waals surface area (Å²) in [6.07, 6.45) is 6.31. The Balaban J connectivity index is 1.28. The van der Waals surface area contributed by atoms with E-state index in [1.807, 2.05) is 11.0 Å². The average Bonchev–Trinajstić information content (AvgIpc) is 3.18. The van der Waals surface area contributed by atoms with Crippen molar-refractivity contribution in [3.8, 4) is 0 Å². The summed E-state index contributed by atoms with van der Waals surface area (Å²) < 4.78 is 6.24. The van der Waals surface area contributed by atoms with Crippen LogP contribution in [0.25, 0.3) is 16.6 Å². The molecule has 1 N–H and O–H groups in total. The van der Waals surface area contributed by atoms with Crippen LogP contribution in [0.3, 0.4) is 0 Å². The van der Waals surface area contributed by atoms with E-state index in [-0.39, 0.29) is 17.9 Å². The number of nitrogens with zero attached hydrogens (tertiary/aromatic N) is 1. The SMILES string of the molecule is O=C1C2CC[C@@H](OCc3ccccc3)C[C@H]2C=C2c3[nH]c4ccccc4c3CCN12. The maximum Gasteiger partial charge on any atom is 0.230 e. The lowest BCUT2D eigenvalue weighted by molar-refractivity contribution is -0.137. The van der Waals surface area contributed by atoms with Crippen molar-refractivity contribution < 1.29 is 9.53 Å². The lowest BCUT2D eigenvalue weighted by Gasteiger charge is -2.43. The molecule has 1 aliphatic carbocycles. The number of ether oxygens (including phenoxy) is 1. The normalized spacial score (nSPS) is 25.5. The highest BCUT2D eigenvalue weighted by Gasteiger charge is 2.43. The van der Waals surface area contributed by atoms with Crippen molar-refractivity contribution in [2.45, 2.75) is 38.4 Å². The van der Waals surface area contributed by atoms with Gasteiger partial charge in [-0.1, -0.05) is 54.6 Å². The van der Waals surface area contributed by atoms with Gasteiger partial charge in [-0.25, -0.2) is 0 Å². The van der Waals surface area contributed by atoms with E-state index in [0.29, 0.717) is 12.5 Å². The van der Waals surface area contributed by atoms with Crippen LogP contribution in [0.15, 0.2) is 60.7 Å². The third-order valence-corrected chi connectivity index (χ3v) is 7.08. The van der Waals surface area contributed by atoms with Crippen LogP contribution in [0.1, 0.15) is 36.1 Å². The predicted molar refractivity (Wildman–Crippen MR) is 118 cm³/mol. The van der Waals surface area contributed by atoms with Crippen molar-refractivity contribution in [1.82, 2.24) is 9.88 Å². The highest BCUT2D eigenvalue weighted by Crippen LogP contribution is 2.44.